The quantitative estimate of drug-likeness (QED) is 0.724. The Morgan fingerprint density at radius 3 is 2.65 bits per heavy atom. The third-order valence-corrected chi connectivity index (χ3v) is 3.11. The molecule has 0 saturated heterocycles. The number of oxazole rings is 1. The lowest BCUT2D eigenvalue weighted by Crippen LogP contribution is -2.04. The molecule has 0 unspecified atom stereocenters. The first-order valence-electron chi connectivity index (χ1n) is 6.24. The van der Waals surface area contributed by atoms with Crippen LogP contribution >= 0.6 is 0 Å². The van der Waals surface area contributed by atoms with Gasteiger partial charge >= 0.3 is 6.18 Å². The highest BCUT2D eigenvalue weighted by Gasteiger charge is 2.31. The second kappa shape index (κ2) is 5.14. The minimum atomic E-state index is -4.46. The molecule has 0 saturated carbocycles. The van der Waals surface area contributed by atoms with Gasteiger partial charge in [0.15, 0.2) is 17.0 Å². The van der Waals surface area contributed by atoms with Crippen molar-refractivity contribution in [1.82, 2.24) is 14.5 Å². The zero-order valence-electron chi connectivity index (χ0n) is 11.3. The van der Waals surface area contributed by atoms with E-state index < -0.39 is 11.7 Å². The molecule has 0 spiro atoms. The summed E-state index contributed by atoms with van der Waals surface area (Å²) in [5.74, 6) is 0.109. The molecule has 0 atom stereocenters. The first-order valence-corrected chi connectivity index (χ1v) is 6.24. The van der Waals surface area contributed by atoms with Crippen molar-refractivity contribution in [2.45, 2.75) is 12.7 Å². The Bertz CT molecular complexity index is 971. The third kappa shape index (κ3) is 2.60. The Morgan fingerprint density at radius 2 is 2.00 bits per heavy atom. The fourth-order valence-corrected chi connectivity index (χ4v) is 2.07. The normalized spacial score (nSPS) is 11.3. The van der Waals surface area contributed by atoms with E-state index in [1.54, 1.807) is 6.07 Å². The number of aromatic nitrogens is 3. The molecule has 1 aromatic carbocycles. The number of imidazole rings is 1. The van der Waals surface area contributed by atoms with Crippen LogP contribution in [0.4, 0.5) is 13.2 Å². The third-order valence-electron chi connectivity index (χ3n) is 3.11. The summed E-state index contributed by atoms with van der Waals surface area (Å²) < 4.78 is 44.7. The van der Waals surface area contributed by atoms with Crippen LogP contribution in [0.2, 0.25) is 0 Å². The number of rotatable bonds is 2. The smallest absolute Gasteiger partial charge is 0.416 e. The lowest BCUT2D eigenvalue weighted by Gasteiger charge is -2.04. The molecule has 3 rings (SSSR count). The zero-order chi connectivity index (χ0) is 16.6. The molecule has 3 aromatic rings. The first kappa shape index (κ1) is 14.6. The molecule has 0 aliphatic heterocycles. The van der Waals surface area contributed by atoms with Crippen LogP contribution in [0.5, 0.6) is 0 Å². The summed E-state index contributed by atoms with van der Waals surface area (Å²) in [4.78, 5) is 7.75. The summed E-state index contributed by atoms with van der Waals surface area (Å²) in [5, 5.41) is 17.9. The van der Waals surface area contributed by atoms with Crippen molar-refractivity contribution in [2.24, 2.45) is 0 Å². The van der Waals surface area contributed by atoms with E-state index in [4.69, 9.17) is 14.9 Å². The minimum Gasteiger partial charge on any atom is -0.439 e. The standard InChI is InChI=1S/C14H6F3N5O/c15-14(16,17)8-1-2-12-9(3-8)21-13(23-12)6-22-7-20-10(4-18)11(22)5-19/h1-3,7H,6H2. The monoisotopic (exact) mass is 317 g/mol. The summed E-state index contributed by atoms with van der Waals surface area (Å²) in [6.45, 7) is -0.0202. The molecule has 23 heavy (non-hydrogen) atoms. The number of fused-ring (bicyclic) bond motifs is 1. The number of nitrogens with zero attached hydrogens (tertiary/aromatic N) is 5. The van der Waals surface area contributed by atoms with Gasteiger partial charge in [0, 0.05) is 0 Å². The number of halogens is 3. The lowest BCUT2D eigenvalue weighted by molar-refractivity contribution is -0.137. The van der Waals surface area contributed by atoms with Crippen LogP contribution in [0.25, 0.3) is 11.1 Å². The van der Waals surface area contributed by atoms with Crippen molar-refractivity contribution in [3.05, 3.63) is 47.4 Å². The van der Waals surface area contributed by atoms with Crippen molar-refractivity contribution in [1.29, 1.82) is 10.5 Å². The van der Waals surface area contributed by atoms with Gasteiger partial charge in [0.1, 0.15) is 24.2 Å². The van der Waals surface area contributed by atoms with E-state index in [1.807, 2.05) is 6.07 Å². The van der Waals surface area contributed by atoms with Crippen molar-refractivity contribution >= 4 is 11.1 Å². The van der Waals surface area contributed by atoms with E-state index in [0.717, 1.165) is 12.1 Å². The number of hydrogen-bond acceptors (Lipinski definition) is 5. The van der Waals surface area contributed by atoms with Crippen LogP contribution in [-0.4, -0.2) is 14.5 Å². The molecule has 0 radical (unpaired) electrons. The van der Waals surface area contributed by atoms with Crippen LogP contribution in [0.15, 0.2) is 28.9 Å². The highest BCUT2D eigenvalue weighted by molar-refractivity contribution is 5.73. The summed E-state index contributed by atoms with van der Waals surface area (Å²) in [6, 6.07) is 6.60. The molecule has 114 valence electrons. The summed E-state index contributed by atoms with van der Waals surface area (Å²) in [5.41, 5.74) is -0.563. The second-order valence-electron chi connectivity index (χ2n) is 4.58. The van der Waals surface area contributed by atoms with Gasteiger partial charge in [-0.15, -0.1) is 0 Å². The van der Waals surface area contributed by atoms with E-state index in [9.17, 15) is 13.2 Å². The Labute approximate surface area is 127 Å². The molecule has 9 heteroatoms. The van der Waals surface area contributed by atoms with Gasteiger partial charge in [0.2, 0.25) is 5.89 Å². The number of benzene rings is 1. The number of hydrogen-bond donors (Lipinski definition) is 0. The average molecular weight is 317 g/mol. The van der Waals surface area contributed by atoms with Crippen LogP contribution < -0.4 is 0 Å². The highest BCUT2D eigenvalue weighted by atomic mass is 19.4. The van der Waals surface area contributed by atoms with Gasteiger partial charge in [0.05, 0.1) is 11.9 Å². The molecule has 0 aliphatic rings. The van der Waals surface area contributed by atoms with Gasteiger partial charge in [-0.1, -0.05) is 0 Å². The molecule has 0 fully saturated rings. The number of alkyl halides is 3. The van der Waals surface area contributed by atoms with Crippen LogP contribution in [0.1, 0.15) is 22.8 Å². The molecule has 2 heterocycles. The van der Waals surface area contributed by atoms with E-state index in [-0.39, 0.29) is 34.9 Å². The fraction of sp³-hybridized carbons (Fsp3) is 0.143. The van der Waals surface area contributed by atoms with Gasteiger partial charge < -0.3 is 8.98 Å². The van der Waals surface area contributed by atoms with E-state index in [0.29, 0.717) is 0 Å². The van der Waals surface area contributed by atoms with Gasteiger partial charge in [-0.3, -0.25) is 0 Å². The number of nitriles is 2. The molecule has 0 bridgehead atoms. The van der Waals surface area contributed by atoms with Crippen LogP contribution in [0, 0.1) is 22.7 Å². The predicted octanol–water partition coefficient (Wildman–Crippen LogP) is 2.83. The first-order chi connectivity index (χ1) is 10.9. The van der Waals surface area contributed by atoms with E-state index >= 15 is 0 Å². The Balaban J connectivity index is 1.98. The Morgan fingerprint density at radius 1 is 1.22 bits per heavy atom. The molecule has 0 amide bonds. The second-order valence-corrected chi connectivity index (χ2v) is 4.58. The maximum Gasteiger partial charge on any atom is 0.416 e. The Kier molecular flexibility index (Phi) is 3.26. The predicted molar refractivity (Wildman–Crippen MR) is 69.8 cm³/mol. The largest absolute Gasteiger partial charge is 0.439 e. The maximum atomic E-state index is 12.7. The van der Waals surface area contributed by atoms with Crippen molar-refractivity contribution in [2.75, 3.05) is 0 Å². The Hall–Kier alpha value is -3.33. The zero-order valence-corrected chi connectivity index (χ0v) is 11.3. The van der Waals surface area contributed by atoms with Gasteiger partial charge in [0.25, 0.3) is 0 Å². The maximum absolute atomic E-state index is 12.7. The summed E-state index contributed by atoms with van der Waals surface area (Å²) >= 11 is 0. The lowest BCUT2D eigenvalue weighted by atomic mass is 10.2. The van der Waals surface area contributed by atoms with Gasteiger partial charge in [-0.25, -0.2) is 9.97 Å². The topological polar surface area (TPSA) is 91.4 Å². The highest BCUT2D eigenvalue weighted by Crippen LogP contribution is 2.31. The van der Waals surface area contributed by atoms with Crippen LogP contribution in [0.3, 0.4) is 0 Å². The van der Waals surface area contributed by atoms with Crippen LogP contribution in [-0.2, 0) is 12.7 Å². The van der Waals surface area contributed by atoms with Crippen molar-refractivity contribution < 1.29 is 17.6 Å². The molecular formula is C14H6F3N5O. The average Bonchev–Trinajstić information content (AvgIpc) is 3.08. The van der Waals surface area contributed by atoms with Gasteiger partial charge in [-0.2, -0.15) is 23.7 Å². The molecule has 0 N–H and O–H groups in total. The van der Waals surface area contributed by atoms with E-state index in [2.05, 4.69) is 9.97 Å². The molecule has 6 nitrogen and oxygen atoms in total. The fourth-order valence-electron chi connectivity index (χ4n) is 2.07. The summed E-state index contributed by atoms with van der Waals surface area (Å²) in [7, 11) is 0. The molecule has 2 aromatic heterocycles. The van der Waals surface area contributed by atoms with Crippen molar-refractivity contribution in [3.8, 4) is 12.1 Å². The minimum absolute atomic E-state index is 0.0202. The SMILES string of the molecule is N#Cc1ncn(Cc2nc3cc(C(F)(F)F)ccc3o2)c1C#N. The van der Waals surface area contributed by atoms with E-state index in [1.165, 1.54) is 17.0 Å². The van der Waals surface area contributed by atoms with Gasteiger partial charge in [-0.05, 0) is 18.2 Å². The van der Waals surface area contributed by atoms with Crippen molar-refractivity contribution in [3.63, 3.8) is 0 Å². The molecule has 0 aliphatic carbocycles. The summed E-state index contributed by atoms with van der Waals surface area (Å²) in [6.07, 6.45) is -3.19. The molecular weight excluding hydrogens is 311 g/mol.